The van der Waals surface area contributed by atoms with E-state index in [2.05, 4.69) is 4.90 Å². The van der Waals surface area contributed by atoms with Gasteiger partial charge in [0.2, 0.25) is 0 Å². The number of likely N-dealkylation sites (tertiary alicyclic amines) is 1. The van der Waals surface area contributed by atoms with Crippen molar-refractivity contribution in [3.63, 3.8) is 0 Å². The Hall–Kier alpha value is -1.26. The topological polar surface area (TPSA) is 41.9 Å². The fraction of sp³-hybridized carbons (Fsp3) is 0.647. The molecule has 0 bridgehead atoms. The van der Waals surface area contributed by atoms with Gasteiger partial charge in [-0.3, -0.25) is 4.90 Å². The first-order valence-corrected chi connectivity index (χ1v) is 7.88. The molecular formula is C17H27NO3. The summed E-state index contributed by atoms with van der Waals surface area (Å²) in [7, 11) is 1.66. The van der Waals surface area contributed by atoms with Crippen molar-refractivity contribution in [1.29, 1.82) is 0 Å². The smallest absolute Gasteiger partial charge is 0.119 e. The van der Waals surface area contributed by atoms with Gasteiger partial charge in [0.05, 0.1) is 13.2 Å². The van der Waals surface area contributed by atoms with Gasteiger partial charge in [-0.05, 0) is 57.0 Å². The number of ether oxygens (including phenoxy) is 2. The van der Waals surface area contributed by atoms with Crippen molar-refractivity contribution in [3.8, 4) is 11.5 Å². The molecule has 0 spiro atoms. The van der Waals surface area contributed by atoms with Crippen LogP contribution in [-0.4, -0.2) is 49.0 Å². The minimum absolute atomic E-state index is 0.224. The lowest BCUT2D eigenvalue weighted by atomic mass is 9.97. The summed E-state index contributed by atoms with van der Waals surface area (Å²) in [5, 5.41) is 9.61. The second-order valence-corrected chi connectivity index (χ2v) is 5.79. The number of rotatable bonds is 7. The van der Waals surface area contributed by atoms with Crippen molar-refractivity contribution >= 4 is 0 Å². The van der Waals surface area contributed by atoms with Gasteiger partial charge in [0.25, 0.3) is 0 Å². The highest BCUT2D eigenvalue weighted by Crippen LogP contribution is 2.21. The summed E-state index contributed by atoms with van der Waals surface area (Å²) in [4.78, 5) is 2.46. The van der Waals surface area contributed by atoms with Crippen LogP contribution in [0.3, 0.4) is 0 Å². The predicted molar refractivity (Wildman–Crippen MR) is 84.0 cm³/mol. The van der Waals surface area contributed by atoms with E-state index in [1.165, 1.54) is 19.3 Å². The molecule has 1 fully saturated rings. The van der Waals surface area contributed by atoms with Gasteiger partial charge in [-0.2, -0.15) is 0 Å². The number of aliphatic hydroxyl groups excluding tert-OH is 1. The molecule has 2 atom stereocenters. The molecule has 0 radical (unpaired) electrons. The quantitative estimate of drug-likeness (QED) is 0.839. The molecule has 1 aromatic rings. The van der Waals surface area contributed by atoms with Crippen LogP contribution < -0.4 is 9.47 Å². The molecule has 0 saturated carbocycles. The van der Waals surface area contributed by atoms with E-state index in [-0.39, 0.29) is 6.10 Å². The van der Waals surface area contributed by atoms with Crippen molar-refractivity contribution in [2.75, 3.05) is 26.8 Å². The van der Waals surface area contributed by atoms with Crippen LogP contribution in [0.4, 0.5) is 0 Å². The van der Waals surface area contributed by atoms with Gasteiger partial charge >= 0.3 is 0 Å². The number of piperidine rings is 1. The zero-order chi connectivity index (χ0) is 15.1. The second-order valence-electron chi connectivity index (χ2n) is 5.79. The Kier molecular flexibility index (Phi) is 6.33. The van der Waals surface area contributed by atoms with Crippen molar-refractivity contribution < 1.29 is 14.6 Å². The molecule has 0 aromatic heterocycles. The minimum atomic E-state index is -0.224. The molecule has 1 aliphatic heterocycles. The summed E-state index contributed by atoms with van der Waals surface area (Å²) in [6.45, 7) is 4.59. The Morgan fingerprint density at radius 3 is 2.62 bits per heavy atom. The molecule has 1 saturated heterocycles. The van der Waals surface area contributed by atoms with E-state index in [4.69, 9.17) is 9.47 Å². The molecule has 0 amide bonds. The highest BCUT2D eigenvalue weighted by atomic mass is 16.5. The molecule has 1 N–H and O–H groups in total. The number of aliphatic hydroxyl groups is 1. The lowest BCUT2D eigenvalue weighted by Gasteiger charge is -2.36. The molecule has 1 heterocycles. The normalized spacial score (nSPS) is 21.0. The summed E-state index contributed by atoms with van der Waals surface area (Å²) in [6, 6.07) is 8.18. The average Bonchev–Trinajstić information content (AvgIpc) is 2.49. The zero-order valence-electron chi connectivity index (χ0n) is 13.1. The van der Waals surface area contributed by atoms with Crippen LogP contribution in [-0.2, 0) is 0 Å². The third-order valence-corrected chi connectivity index (χ3v) is 4.07. The lowest BCUT2D eigenvalue weighted by Crippen LogP contribution is -2.43. The first-order valence-electron chi connectivity index (χ1n) is 7.88. The van der Waals surface area contributed by atoms with Crippen LogP contribution in [0, 0.1) is 0 Å². The number of hydrogen-bond donors (Lipinski definition) is 1. The van der Waals surface area contributed by atoms with Crippen molar-refractivity contribution in [2.24, 2.45) is 0 Å². The van der Waals surface area contributed by atoms with Gasteiger partial charge in [0, 0.05) is 12.6 Å². The van der Waals surface area contributed by atoms with Crippen LogP contribution in [0.15, 0.2) is 24.3 Å². The fourth-order valence-electron chi connectivity index (χ4n) is 2.97. The molecule has 0 aliphatic carbocycles. The van der Waals surface area contributed by atoms with Crippen molar-refractivity contribution in [1.82, 2.24) is 4.90 Å². The molecule has 4 heteroatoms. The van der Waals surface area contributed by atoms with E-state index >= 15 is 0 Å². The molecule has 118 valence electrons. The fourth-order valence-corrected chi connectivity index (χ4v) is 2.97. The van der Waals surface area contributed by atoms with E-state index < -0.39 is 0 Å². The SMILES string of the molecule is COc1ccc(OCCN2CCCCC2CC(C)O)cc1. The summed E-state index contributed by atoms with van der Waals surface area (Å²) in [5.74, 6) is 1.72. The average molecular weight is 293 g/mol. The number of nitrogens with zero attached hydrogens (tertiary/aromatic N) is 1. The van der Waals surface area contributed by atoms with Crippen molar-refractivity contribution in [2.45, 2.75) is 44.8 Å². The zero-order valence-corrected chi connectivity index (χ0v) is 13.1. The summed E-state index contributed by atoms with van der Waals surface area (Å²) in [6.07, 6.45) is 4.35. The Balaban J connectivity index is 1.77. The minimum Gasteiger partial charge on any atom is -0.497 e. The van der Waals surface area contributed by atoms with E-state index in [1.54, 1.807) is 7.11 Å². The van der Waals surface area contributed by atoms with Gasteiger partial charge in [-0.25, -0.2) is 0 Å². The summed E-state index contributed by atoms with van der Waals surface area (Å²) in [5.41, 5.74) is 0. The van der Waals surface area contributed by atoms with E-state index in [0.29, 0.717) is 12.6 Å². The van der Waals surface area contributed by atoms with Crippen LogP contribution in [0.5, 0.6) is 11.5 Å². The van der Waals surface area contributed by atoms with E-state index in [1.807, 2.05) is 31.2 Å². The Labute approximate surface area is 127 Å². The van der Waals surface area contributed by atoms with Gasteiger partial charge in [0.15, 0.2) is 0 Å². The van der Waals surface area contributed by atoms with Crippen molar-refractivity contribution in [3.05, 3.63) is 24.3 Å². The monoisotopic (exact) mass is 293 g/mol. The maximum absolute atomic E-state index is 9.61. The molecular weight excluding hydrogens is 266 g/mol. The molecule has 2 rings (SSSR count). The predicted octanol–water partition coefficient (Wildman–Crippen LogP) is 2.70. The Bertz CT molecular complexity index is 405. The van der Waals surface area contributed by atoms with Gasteiger partial charge in [-0.15, -0.1) is 0 Å². The maximum Gasteiger partial charge on any atom is 0.119 e. The largest absolute Gasteiger partial charge is 0.497 e. The highest BCUT2D eigenvalue weighted by Gasteiger charge is 2.23. The standard InChI is InChI=1S/C17H27NO3/c1-14(19)13-15-5-3-4-10-18(15)11-12-21-17-8-6-16(20-2)7-9-17/h6-9,14-15,19H,3-5,10-13H2,1-2H3. The number of hydrogen-bond acceptors (Lipinski definition) is 4. The van der Waals surface area contributed by atoms with Gasteiger partial charge < -0.3 is 14.6 Å². The Morgan fingerprint density at radius 2 is 1.95 bits per heavy atom. The van der Waals surface area contributed by atoms with Crippen LogP contribution in [0.1, 0.15) is 32.6 Å². The second kappa shape index (κ2) is 8.25. The Morgan fingerprint density at radius 1 is 1.24 bits per heavy atom. The molecule has 21 heavy (non-hydrogen) atoms. The lowest BCUT2D eigenvalue weighted by molar-refractivity contribution is 0.0761. The maximum atomic E-state index is 9.61. The molecule has 4 nitrogen and oxygen atoms in total. The highest BCUT2D eigenvalue weighted by molar-refractivity contribution is 5.31. The third-order valence-electron chi connectivity index (χ3n) is 4.07. The van der Waals surface area contributed by atoms with Gasteiger partial charge in [-0.1, -0.05) is 6.42 Å². The molecule has 1 aromatic carbocycles. The number of benzene rings is 1. The first-order chi connectivity index (χ1) is 10.2. The first kappa shape index (κ1) is 16.1. The molecule has 1 aliphatic rings. The van der Waals surface area contributed by atoms with E-state index in [0.717, 1.165) is 31.0 Å². The van der Waals surface area contributed by atoms with Crippen LogP contribution >= 0.6 is 0 Å². The molecule has 2 unspecified atom stereocenters. The van der Waals surface area contributed by atoms with E-state index in [9.17, 15) is 5.11 Å². The van der Waals surface area contributed by atoms with Crippen LogP contribution in [0.2, 0.25) is 0 Å². The summed E-state index contributed by atoms with van der Waals surface area (Å²) < 4.78 is 10.9. The van der Waals surface area contributed by atoms with Gasteiger partial charge in [0.1, 0.15) is 18.1 Å². The number of methoxy groups -OCH3 is 1. The van der Waals surface area contributed by atoms with Crippen LogP contribution in [0.25, 0.3) is 0 Å². The summed E-state index contributed by atoms with van der Waals surface area (Å²) >= 11 is 0. The third kappa shape index (κ3) is 5.21.